The number of rotatable bonds is 5. The van der Waals surface area contributed by atoms with Crippen LogP contribution in [0.5, 0.6) is 0 Å². The molecule has 5 rings (SSSR count). The Labute approximate surface area is 209 Å². The van der Waals surface area contributed by atoms with Gasteiger partial charge in [0.25, 0.3) is 5.91 Å². The van der Waals surface area contributed by atoms with Gasteiger partial charge < -0.3 is 5.11 Å². The topological polar surface area (TPSA) is 101 Å². The number of anilines is 1. The van der Waals surface area contributed by atoms with Gasteiger partial charge in [0.2, 0.25) is 0 Å². The summed E-state index contributed by atoms with van der Waals surface area (Å²) in [6.07, 6.45) is -4.15. The first-order valence-electron chi connectivity index (χ1n) is 11.2. The third kappa shape index (κ3) is 4.22. The highest BCUT2D eigenvalue weighted by molar-refractivity contribution is 6.10. The number of amides is 1. The molecule has 2 aromatic heterocycles. The molecule has 188 valence electrons. The summed E-state index contributed by atoms with van der Waals surface area (Å²) in [4.78, 5) is 30.5. The van der Waals surface area contributed by atoms with Gasteiger partial charge in [-0.2, -0.15) is 0 Å². The monoisotopic (exact) mass is 507 g/mol. The maximum atomic E-state index is 13.3. The predicted molar refractivity (Wildman–Crippen MR) is 128 cm³/mol. The van der Waals surface area contributed by atoms with Gasteiger partial charge in [0, 0.05) is 5.56 Å². The number of benzene rings is 2. The highest BCUT2D eigenvalue weighted by Gasteiger charge is 2.35. The summed E-state index contributed by atoms with van der Waals surface area (Å²) >= 11 is 0. The Bertz CT molecular complexity index is 1530. The summed E-state index contributed by atoms with van der Waals surface area (Å²) in [6.45, 7) is 3.47. The molecule has 0 spiro atoms. The number of alkyl halides is 3. The first-order valence-corrected chi connectivity index (χ1v) is 11.2. The van der Waals surface area contributed by atoms with Crippen molar-refractivity contribution >= 4 is 17.7 Å². The van der Waals surface area contributed by atoms with Crippen LogP contribution < -0.4 is 4.90 Å². The number of halogens is 3. The first kappa shape index (κ1) is 24.2. The number of carbonyl (C=O) groups excluding carboxylic acids is 1. The van der Waals surface area contributed by atoms with Gasteiger partial charge in [-0.15, -0.1) is 23.4 Å². The van der Waals surface area contributed by atoms with E-state index >= 15 is 0 Å². The molecule has 1 N–H and O–H groups in total. The van der Waals surface area contributed by atoms with Crippen molar-refractivity contribution in [1.82, 2.24) is 19.7 Å². The van der Waals surface area contributed by atoms with Crippen molar-refractivity contribution in [3.8, 4) is 22.6 Å². The Morgan fingerprint density at radius 3 is 2.38 bits per heavy atom. The van der Waals surface area contributed by atoms with Crippen LogP contribution in [-0.4, -0.2) is 36.7 Å². The number of nitrogens with zero attached hydrogens (tertiary/aromatic N) is 5. The minimum Gasteiger partial charge on any atom is -0.481 e. The van der Waals surface area contributed by atoms with Crippen molar-refractivity contribution in [2.24, 2.45) is 0 Å². The van der Waals surface area contributed by atoms with E-state index in [1.54, 1.807) is 50.2 Å². The molecule has 0 aliphatic carbocycles. The summed E-state index contributed by atoms with van der Waals surface area (Å²) in [5, 5.41) is 16.3. The number of aromatic nitrogens is 4. The van der Waals surface area contributed by atoms with Gasteiger partial charge in [0.15, 0.2) is 5.82 Å². The lowest BCUT2D eigenvalue weighted by molar-refractivity contribution is -0.203. The Balaban J connectivity index is 1.43. The molecule has 0 fully saturated rings. The summed E-state index contributed by atoms with van der Waals surface area (Å²) < 4.78 is 39.8. The molecule has 37 heavy (non-hydrogen) atoms. The quantitative estimate of drug-likeness (QED) is 0.408. The van der Waals surface area contributed by atoms with Gasteiger partial charge in [-0.05, 0) is 54.3 Å². The van der Waals surface area contributed by atoms with E-state index in [1.807, 2.05) is 12.1 Å². The Morgan fingerprint density at radius 2 is 1.70 bits per heavy atom. The molecule has 0 unspecified atom stereocenters. The van der Waals surface area contributed by atoms with Crippen molar-refractivity contribution < 1.29 is 27.9 Å². The number of carboxylic acid groups (broad SMARTS) is 1. The standard InChI is InChI=1S/C26H20F3N5O3/c1-25(2,24(36)37)18-10-8-15(9-11-18)16-6-7-17-13-33(23(35)19(17)12-16)21-5-3-4-20(31-21)22-32-30-14-34(22)26(27,28)29/h3-12,14H,13H2,1-2H3,(H,36,37). The molecule has 8 nitrogen and oxygen atoms in total. The van der Waals surface area contributed by atoms with Gasteiger partial charge in [-0.3, -0.25) is 14.5 Å². The van der Waals surface area contributed by atoms with E-state index in [2.05, 4.69) is 15.2 Å². The summed E-state index contributed by atoms with van der Waals surface area (Å²) in [7, 11) is 0. The van der Waals surface area contributed by atoms with Crippen molar-refractivity contribution in [3.05, 3.63) is 83.7 Å². The lowest BCUT2D eigenvalue weighted by atomic mass is 9.84. The number of aliphatic carboxylic acids is 1. The van der Waals surface area contributed by atoms with Crippen LogP contribution in [0.15, 0.2) is 67.0 Å². The number of pyridine rings is 1. The molecule has 1 aliphatic rings. The van der Waals surface area contributed by atoms with Crippen LogP contribution in [0.1, 0.15) is 35.3 Å². The fraction of sp³-hybridized carbons (Fsp3) is 0.192. The number of hydrogen-bond donors (Lipinski definition) is 1. The molecule has 4 aromatic rings. The normalized spacial score (nSPS) is 13.6. The summed E-state index contributed by atoms with van der Waals surface area (Å²) in [6, 6.07) is 17.0. The molecular formula is C26H20F3N5O3. The highest BCUT2D eigenvalue weighted by Crippen LogP contribution is 2.34. The third-order valence-corrected chi connectivity index (χ3v) is 6.45. The molecule has 0 bridgehead atoms. The van der Waals surface area contributed by atoms with Crippen molar-refractivity contribution in [2.45, 2.75) is 32.1 Å². The van der Waals surface area contributed by atoms with Gasteiger partial charge in [0.05, 0.1) is 12.0 Å². The van der Waals surface area contributed by atoms with E-state index in [0.29, 0.717) is 17.5 Å². The van der Waals surface area contributed by atoms with E-state index in [1.165, 1.54) is 17.0 Å². The maximum absolute atomic E-state index is 13.3. The highest BCUT2D eigenvalue weighted by atomic mass is 19.4. The van der Waals surface area contributed by atoms with Crippen LogP contribution in [-0.2, 0) is 23.1 Å². The number of carbonyl (C=O) groups is 2. The van der Waals surface area contributed by atoms with Crippen LogP contribution >= 0.6 is 0 Å². The zero-order valence-corrected chi connectivity index (χ0v) is 19.7. The van der Waals surface area contributed by atoms with Crippen molar-refractivity contribution in [2.75, 3.05) is 4.90 Å². The minimum atomic E-state index is -4.71. The van der Waals surface area contributed by atoms with Crippen LogP contribution in [0.3, 0.4) is 0 Å². The van der Waals surface area contributed by atoms with E-state index in [4.69, 9.17) is 0 Å². The van der Waals surface area contributed by atoms with Crippen molar-refractivity contribution in [3.63, 3.8) is 0 Å². The number of hydrogen-bond acceptors (Lipinski definition) is 5. The smallest absolute Gasteiger partial charge is 0.481 e. The maximum Gasteiger partial charge on any atom is 0.491 e. The van der Waals surface area contributed by atoms with Crippen LogP contribution in [0.25, 0.3) is 22.6 Å². The SMILES string of the molecule is CC(C)(C(=O)O)c1ccc(-c2ccc3c(c2)C(=O)N(c2cccc(-c4nncn4C(F)(F)F)n2)C3)cc1. The lowest BCUT2D eigenvalue weighted by Gasteiger charge is -2.19. The largest absolute Gasteiger partial charge is 0.491 e. The van der Waals surface area contributed by atoms with Gasteiger partial charge in [-0.25, -0.2) is 9.55 Å². The van der Waals surface area contributed by atoms with Crippen molar-refractivity contribution in [1.29, 1.82) is 0 Å². The molecule has 3 heterocycles. The number of fused-ring (bicyclic) bond motifs is 1. The molecule has 0 saturated carbocycles. The van der Waals surface area contributed by atoms with E-state index in [9.17, 15) is 27.9 Å². The molecular weight excluding hydrogens is 487 g/mol. The van der Waals surface area contributed by atoms with Crippen LogP contribution in [0, 0.1) is 0 Å². The first-order chi connectivity index (χ1) is 17.5. The second-order valence-corrected chi connectivity index (χ2v) is 9.14. The zero-order chi connectivity index (χ0) is 26.5. The average Bonchev–Trinajstić information content (AvgIpc) is 3.49. The summed E-state index contributed by atoms with van der Waals surface area (Å²) in [5.41, 5.74) is 2.34. The van der Waals surface area contributed by atoms with Gasteiger partial charge in [-0.1, -0.05) is 42.5 Å². The Morgan fingerprint density at radius 1 is 1.00 bits per heavy atom. The third-order valence-electron chi connectivity index (χ3n) is 6.45. The van der Waals surface area contributed by atoms with Gasteiger partial charge in [0.1, 0.15) is 17.8 Å². The second-order valence-electron chi connectivity index (χ2n) is 9.14. The molecule has 0 atom stereocenters. The second kappa shape index (κ2) is 8.54. The molecule has 1 amide bonds. The molecule has 11 heteroatoms. The Hall–Kier alpha value is -4.54. The minimum absolute atomic E-state index is 0.0329. The van der Waals surface area contributed by atoms with Crippen LogP contribution in [0.2, 0.25) is 0 Å². The zero-order valence-electron chi connectivity index (χ0n) is 19.7. The fourth-order valence-electron chi connectivity index (χ4n) is 4.16. The molecule has 1 aliphatic heterocycles. The van der Waals surface area contributed by atoms with Gasteiger partial charge >= 0.3 is 12.3 Å². The van der Waals surface area contributed by atoms with E-state index < -0.39 is 23.5 Å². The van der Waals surface area contributed by atoms with E-state index in [-0.39, 0.29) is 28.5 Å². The fourth-order valence-corrected chi connectivity index (χ4v) is 4.16. The van der Waals surface area contributed by atoms with E-state index in [0.717, 1.165) is 16.7 Å². The molecule has 2 aromatic carbocycles. The molecule has 0 radical (unpaired) electrons. The molecule has 0 saturated heterocycles. The Kier molecular flexibility index (Phi) is 5.58. The predicted octanol–water partition coefficient (Wildman–Crippen LogP) is 5.01. The van der Waals surface area contributed by atoms with Crippen LogP contribution in [0.4, 0.5) is 19.0 Å². The number of carboxylic acids is 1. The lowest BCUT2D eigenvalue weighted by Crippen LogP contribution is -2.28. The average molecular weight is 507 g/mol. The summed E-state index contributed by atoms with van der Waals surface area (Å²) in [5.74, 6) is -1.55.